The van der Waals surface area contributed by atoms with Crippen molar-refractivity contribution < 1.29 is 9.13 Å². The third kappa shape index (κ3) is 3.69. The molecule has 2 nitrogen and oxygen atoms in total. The molecule has 0 bridgehead atoms. The minimum atomic E-state index is -1.30. The first-order chi connectivity index (χ1) is 9.00. The fourth-order valence-corrected chi connectivity index (χ4v) is 2.67. The van der Waals surface area contributed by atoms with Crippen LogP contribution in [0.4, 0.5) is 4.39 Å². The molecular weight excluding hydrogens is 241 g/mol. The molecule has 0 spiro atoms. The Morgan fingerprint density at radius 1 is 1.37 bits per heavy atom. The topological polar surface area (TPSA) is 21.3 Å². The highest BCUT2D eigenvalue weighted by Gasteiger charge is 2.22. The Labute approximate surface area is 115 Å². The average Bonchev–Trinajstić information content (AvgIpc) is 2.39. The smallest absolute Gasteiger partial charge is 0.130 e. The molecule has 1 unspecified atom stereocenters. The maximum absolute atomic E-state index is 14.1. The molecule has 0 aromatic heterocycles. The standard InChI is InChI=1S/C16H24FNO/c1-16(2,17)13-7-8-15(19-3)12(10-13)11-14-6-4-5-9-18-14/h7-8,10,14,18H,4-6,9,11H2,1-3H3. The first-order valence-corrected chi connectivity index (χ1v) is 7.10. The van der Waals surface area contributed by atoms with Crippen molar-refractivity contribution in [2.45, 2.75) is 51.2 Å². The normalized spacial score (nSPS) is 20.3. The Balaban J connectivity index is 2.20. The molecule has 1 saturated heterocycles. The van der Waals surface area contributed by atoms with Crippen LogP contribution in [-0.2, 0) is 12.1 Å². The lowest BCUT2D eigenvalue weighted by Crippen LogP contribution is -2.35. The van der Waals surface area contributed by atoms with Gasteiger partial charge in [-0.2, -0.15) is 0 Å². The first kappa shape index (κ1) is 14.3. The summed E-state index contributed by atoms with van der Waals surface area (Å²) in [4.78, 5) is 0. The summed E-state index contributed by atoms with van der Waals surface area (Å²) in [6.45, 7) is 4.27. The van der Waals surface area contributed by atoms with Crippen LogP contribution >= 0.6 is 0 Å². The van der Waals surface area contributed by atoms with Crippen LogP contribution in [0, 0.1) is 0 Å². The number of nitrogens with one attached hydrogen (secondary N) is 1. The van der Waals surface area contributed by atoms with E-state index in [4.69, 9.17) is 4.74 Å². The summed E-state index contributed by atoms with van der Waals surface area (Å²) in [5, 5.41) is 3.53. The molecule has 0 saturated carbocycles. The van der Waals surface area contributed by atoms with Crippen molar-refractivity contribution in [3.8, 4) is 5.75 Å². The maximum atomic E-state index is 14.1. The van der Waals surface area contributed by atoms with Crippen molar-refractivity contribution in [3.63, 3.8) is 0 Å². The second-order valence-corrected chi connectivity index (χ2v) is 5.85. The van der Waals surface area contributed by atoms with Crippen LogP contribution in [0.1, 0.15) is 44.2 Å². The van der Waals surface area contributed by atoms with Gasteiger partial charge in [-0.05, 0) is 62.9 Å². The lowest BCUT2D eigenvalue weighted by molar-refractivity contribution is 0.221. The molecule has 1 aromatic carbocycles. The molecule has 19 heavy (non-hydrogen) atoms. The minimum Gasteiger partial charge on any atom is -0.496 e. The minimum absolute atomic E-state index is 0.487. The van der Waals surface area contributed by atoms with Gasteiger partial charge in [0, 0.05) is 6.04 Å². The van der Waals surface area contributed by atoms with Crippen LogP contribution in [0.2, 0.25) is 0 Å². The molecule has 1 fully saturated rings. The third-order valence-electron chi connectivity index (χ3n) is 3.85. The Hall–Kier alpha value is -1.09. The largest absolute Gasteiger partial charge is 0.496 e. The summed E-state index contributed by atoms with van der Waals surface area (Å²) in [7, 11) is 1.67. The average molecular weight is 265 g/mol. The highest BCUT2D eigenvalue weighted by Crippen LogP contribution is 2.30. The molecule has 106 valence electrons. The van der Waals surface area contributed by atoms with Crippen molar-refractivity contribution in [2.24, 2.45) is 0 Å². The summed E-state index contributed by atoms with van der Waals surface area (Å²) < 4.78 is 19.5. The van der Waals surface area contributed by atoms with E-state index in [1.165, 1.54) is 19.3 Å². The molecule has 2 rings (SSSR count). The van der Waals surface area contributed by atoms with E-state index in [0.717, 1.165) is 29.8 Å². The number of alkyl halides is 1. The Morgan fingerprint density at radius 2 is 2.16 bits per heavy atom. The van der Waals surface area contributed by atoms with Gasteiger partial charge in [-0.3, -0.25) is 0 Å². The fourth-order valence-electron chi connectivity index (χ4n) is 2.67. The van der Waals surface area contributed by atoms with Crippen molar-refractivity contribution in [1.29, 1.82) is 0 Å². The van der Waals surface area contributed by atoms with E-state index in [-0.39, 0.29) is 0 Å². The Bertz CT molecular complexity index is 419. The molecule has 3 heteroatoms. The summed E-state index contributed by atoms with van der Waals surface area (Å²) in [5.41, 5.74) is 0.519. The highest BCUT2D eigenvalue weighted by atomic mass is 19.1. The summed E-state index contributed by atoms with van der Waals surface area (Å²) >= 11 is 0. The zero-order chi connectivity index (χ0) is 13.9. The van der Waals surface area contributed by atoms with Gasteiger partial charge in [0.25, 0.3) is 0 Å². The van der Waals surface area contributed by atoms with E-state index in [2.05, 4.69) is 5.32 Å². The van der Waals surface area contributed by atoms with E-state index < -0.39 is 5.67 Å². The molecule has 1 aromatic rings. The second kappa shape index (κ2) is 5.91. The number of ether oxygens (including phenoxy) is 1. The van der Waals surface area contributed by atoms with Gasteiger partial charge in [0.1, 0.15) is 11.4 Å². The van der Waals surface area contributed by atoms with Gasteiger partial charge in [0.15, 0.2) is 0 Å². The lowest BCUT2D eigenvalue weighted by atomic mass is 9.93. The van der Waals surface area contributed by atoms with E-state index >= 15 is 0 Å². The highest BCUT2D eigenvalue weighted by molar-refractivity contribution is 5.39. The predicted octanol–water partition coefficient (Wildman–Crippen LogP) is 3.58. The Kier molecular flexibility index (Phi) is 4.46. The third-order valence-corrected chi connectivity index (χ3v) is 3.85. The van der Waals surface area contributed by atoms with E-state index in [0.29, 0.717) is 6.04 Å². The number of rotatable bonds is 4. The number of hydrogen-bond acceptors (Lipinski definition) is 2. The summed E-state index contributed by atoms with van der Waals surface area (Å²) in [5.74, 6) is 0.861. The van der Waals surface area contributed by atoms with Crippen LogP contribution in [0.25, 0.3) is 0 Å². The van der Waals surface area contributed by atoms with Crippen molar-refractivity contribution >= 4 is 0 Å². The van der Waals surface area contributed by atoms with E-state index in [1.807, 2.05) is 18.2 Å². The molecule has 0 radical (unpaired) electrons. The Morgan fingerprint density at radius 3 is 2.74 bits per heavy atom. The van der Waals surface area contributed by atoms with Gasteiger partial charge in [-0.15, -0.1) is 0 Å². The molecule has 1 aliphatic heterocycles. The molecule has 0 aliphatic carbocycles. The summed E-state index contributed by atoms with van der Waals surface area (Å²) in [6.07, 6.45) is 4.62. The van der Waals surface area contributed by atoms with Gasteiger partial charge in [0.05, 0.1) is 7.11 Å². The lowest BCUT2D eigenvalue weighted by Gasteiger charge is -2.25. The predicted molar refractivity (Wildman–Crippen MR) is 76.5 cm³/mol. The number of methoxy groups -OCH3 is 1. The van der Waals surface area contributed by atoms with Crippen LogP contribution in [0.3, 0.4) is 0 Å². The number of benzene rings is 1. The van der Waals surface area contributed by atoms with Crippen molar-refractivity contribution in [1.82, 2.24) is 5.32 Å². The number of halogens is 1. The number of hydrogen-bond donors (Lipinski definition) is 1. The molecule has 1 heterocycles. The number of piperidine rings is 1. The summed E-state index contributed by atoms with van der Waals surface area (Å²) in [6, 6.07) is 6.14. The SMILES string of the molecule is COc1ccc(C(C)(C)F)cc1CC1CCCCN1. The maximum Gasteiger partial charge on any atom is 0.130 e. The quantitative estimate of drug-likeness (QED) is 0.898. The molecule has 0 amide bonds. The molecule has 1 atom stereocenters. The van der Waals surface area contributed by atoms with Crippen molar-refractivity contribution in [3.05, 3.63) is 29.3 Å². The van der Waals surface area contributed by atoms with Crippen molar-refractivity contribution in [2.75, 3.05) is 13.7 Å². The van der Waals surface area contributed by atoms with Gasteiger partial charge >= 0.3 is 0 Å². The van der Waals surface area contributed by atoms with Gasteiger partial charge < -0.3 is 10.1 Å². The first-order valence-electron chi connectivity index (χ1n) is 7.10. The monoisotopic (exact) mass is 265 g/mol. The van der Waals surface area contributed by atoms with Crippen LogP contribution in [0.5, 0.6) is 5.75 Å². The zero-order valence-electron chi connectivity index (χ0n) is 12.1. The van der Waals surface area contributed by atoms with E-state index in [1.54, 1.807) is 21.0 Å². The van der Waals surface area contributed by atoms with Crippen LogP contribution in [-0.4, -0.2) is 19.7 Å². The van der Waals surface area contributed by atoms with Crippen LogP contribution in [0.15, 0.2) is 18.2 Å². The van der Waals surface area contributed by atoms with Gasteiger partial charge in [-0.1, -0.05) is 12.5 Å². The fraction of sp³-hybridized carbons (Fsp3) is 0.625. The van der Waals surface area contributed by atoms with Gasteiger partial charge in [0.2, 0.25) is 0 Å². The zero-order valence-corrected chi connectivity index (χ0v) is 12.1. The molecular formula is C16H24FNO. The van der Waals surface area contributed by atoms with E-state index in [9.17, 15) is 4.39 Å². The molecule has 1 N–H and O–H groups in total. The molecule has 1 aliphatic rings. The second-order valence-electron chi connectivity index (χ2n) is 5.85. The van der Waals surface area contributed by atoms with Crippen LogP contribution < -0.4 is 10.1 Å². The van der Waals surface area contributed by atoms with Gasteiger partial charge in [-0.25, -0.2) is 4.39 Å².